The number of nitrogens with zero attached hydrogens (tertiary/aromatic N) is 2. The van der Waals surface area contributed by atoms with Gasteiger partial charge in [0.2, 0.25) is 11.5 Å². The topological polar surface area (TPSA) is 99.2 Å². The Hall–Kier alpha value is -3.95. The first-order valence-electron chi connectivity index (χ1n) is 9.77. The summed E-state index contributed by atoms with van der Waals surface area (Å²) in [5.74, 6) is -0.0292. The zero-order chi connectivity index (χ0) is 22.7. The number of aromatic nitrogens is 2. The van der Waals surface area contributed by atoms with Gasteiger partial charge in [-0.2, -0.15) is 18.2 Å². The summed E-state index contributed by atoms with van der Waals surface area (Å²) in [6, 6.07) is 13.7. The number of amides is 1. The molecule has 1 aliphatic rings. The van der Waals surface area contributed by atoms with E-state index in [0.29, 0.717) is 11.6 Å². The van der Waals surface area contributed by atoms with Crippen molar-refractivity contribution >= 4 is 23.4 Å². The third-order valence-corrected chi connectivity index (χ3v) is 4.73. The van der Waals surface area contributed by atoms with E-state index in [1.54, 1.807) is 6.07 Å². The monoisotopic (exact) mass is 441 g/mol. The van der Waals surface area contributed by atoms with Crippen LogP contribution in [-0.4, -0.2) is 21.8 Å². The van der Waals surface area contributed by atoms with E-state index in [0.717, 1.165) is 36.7 Å². The van der Waals surface area contributed by atoms with Gasteiger partial charge in [0.25, 0.3) is 5.91 Å². The summed E-state index contributed by atoms with van der Waals surface area (Å²) < 4.78 is 38.2. The van der Waals surface area contributed by atoms with Crippen LogP contribution in [0.5, 0.6) is 0 Å². The molecule has 2 aromatic heterocycles. The number of halogens is 3. The Kier molecular flexibility index (Phi) is 5.76. The van der Waals surface area contributed by atoms with Crippen molar-refractivity contribution in [3.63, 3.8) is 0 Å². The van der Waals surface area contributed by atoms with Crippen LogP contribution in [0.1, 0.15) is 40.4 Å². The Balaban J connectivity index is 1.59. The van der Waals surface area contributed by atoms with Gasteiger partial charge in [0.1, 0.15) is 11.5 Å². The molecule has 0 atom stereocenters. The smallest absolute Gasteiger partial charge is 0.326 e. The number of guanidine groups is 1. The van der Waals surface area contributed by atoms with Gasteiger partial charge in [-0.3, -0.25) is 19.9 Å². The van der Waals surface area contributed by atoms with Crippen LogP contribution in [0.15, 0.2) is 70.6 Å². The van der Waals surface area contributed by atoms with Gasteiger partial charge in [0, 0.05) is 18.0 Å². The van der Waals surface area contributed by atoms with Gasteiger partial charge in [-0.15, -0.1) is 0 Å². The number of hydrogen-bond donors (Lipinski definition) is 3. The number of nitrogens with one attached hydrogen (secondary N) is 3. The number of carbonyl (C=O) groups is 1. The van der Waals surface area contributed by atoms with Gasteiger partial charge in [-0.25, -0.2) is 0 Å². The van der Waals surface area contributed by atoms with Gasteiger partial charge in [0.15, 0.2) is 0 Å². The number of H-pyrrole nitrogens is 1. The highest BCUT2D eigenvalue weighted by molar-refractivity contribution is 6.10. The lowest BCUT2D eigenvalue weighted by atomic mass is 10.1. The Bertz CT molecular complexity index is 1210. The van der Waals surface area contributed by atoms with Crippen LogP contribution in [0.4, 0.5) is 24.7 Å². The SMILES string of the molecule is O=C(N/C(=N/c1cccc(=O)[nH]1)Nc1cccc(C2CC2)c1)c1ccc(C(F)(F)F)nc1. The number of aromatic amines is 1. The fourth-order valence-electron chi connectivity index (χ4n) is 3.01. The number of alkyl halides is 3. The zero-order valence-electron chi connectivity index (χ0n) is 16.6. The van der Waals surface area contributed by atoms with Crippen molar-refractivity contribution < 1.29 is 18.0 Å². The van der Waals surface area contributed by atoms with E-state index >= 15 is 0 Å². The largest absolute Gasteiger partial charge is 0.433 e. The molecule has 0 radical (unpaired) electrons. The maximum atomic E-state index is 12.7. The van der Waals surface area contributed by atoms with Crippen LogP contribution in [0.3, 0.4) is 0 Å². The standard InChI is InChI=1S/C22H18F3N5O2/c23-22(24,25)17-10-9-15(12-26-17)20(32)30-21(29-18-5-2-6-19(31)28-18)27-16-4-1-3-14(11-16)13-7-8-13/h1-6,9-13H,7-8H2,(H3,27,28,29,30,31,32). The summed E-state index contributed by atoms with van der Waals surface area (Å²) in [7, 11) is 0. The van der Waals surface area contributed by atoms with Crippen molar-refractivity contribution in [1.82, 2.24) is 15.3 Å². The minimum absolute atomic E-state index is 0.00954. The number of rotatable bonds is 4. The van der Waals surface area contributed by atoms with Crippen LogP contribution in [0.25, 0.3) is 0 Å². The average Bonchev–Trinajstić information content (AvgIpc) is 3.59. The molecule has 3 N–H and O–H groups in total. The second-order valence-corrected chi connectivity index (χ2v) is 7.27. The molecule has 10 heteroatoms. The Morgan fingerprint density at radius 2 is 1.88 bits per heavy atom. The van der Waals surface area contributed by atoms with Crippen LogP contribution in [0, 0.1) is 0 Å². The molecular formula is C22H18F3N5O2. The predicted molar refractivity (Wildman–Crippen MR) is 113 cm³/mol. The van der Waals surface area contributed by atoms with Gasteiger partial charge in [0.05, 0.1) is 5.56 Å². The first-order chi connectivity index (χ1) is 15.3. The number of hydrogen-bond acceptors (Lipinski definition) is 4. The maximum absolute atomic E-state index is 12.7. The summed E-state index contributed by atoms with van der Waals surface area (Å²) in [5.41, 5.74) is 0.262. The molecule has 0 unspecified atom stereocenters. The van der Waals surface area contributed by atoms with Crippen molar-refractivity contribution in [3.8, 4) is 0 Å². The molecule has 2 heterocycles. The first-order valence-corrected chi connectivity index (χ1v) is 9.77. The van der Waals surface area contributed by atoms with Crippen molar-refractivity contribution in [1.29, 1.82) is 0 Å². The molecule has 0 bridgehead atoms. The fourth-order valence-corrected chi connectivity index (χ4v) is 3.01. The molecule has 4 rings (SSSR count). The molecule has 0 aliphatic heterocycles. The number of anilines is 1. The van der Waals surface area contributed by atoms with E-state index in [-0.39, 0.29) is 22.9 Å². The normalized spacial score (nSPS) is 14.2. The molecule has 0 saturated heterocycles. The number of aliphatic imine (C=N–C) groups is 1. The molecular weight excluding hydrogens is 423 g/mol. The molecule has 32 heavy (non-hydrogen) atoms. The molecule has 3 aromatic rings. The molecule has 0 spiro atoms. The second kappa shape index (κ2) is 8.66. The first kappa shape index (κ1) is 21.3. The predicted octanol–water partition coefficient (Wildman–Crippen LogP) is 4.20. The Morgan fingerprint density at radius 3 is 2.53 bits per heavy atom. The maximum Gasteiger partial charge on any atom is 0.433 e. The average molecular weight is 441 g/mol. The minimum Gasteiger partial charge on any atom is -0.326 e. The molecule has 7 nitrogen and oxygen atoms in total. The lowest BCUT2D eigenvalue weighted by molar-refractivity contribution is -0.141. The van der Waals surface area contributed by atoms with Crippen molar-refractivity contribution in [2.24, 2.45) is 4.99 Å². The fraction of sp³-hybridized carbons (Fsp3) is 0.182. The van der Waals surface area contributed by atoms with Crippen LogP contribution in [0.2, 0.25) is 0 Å². The molecule has 1 fully saturated rings. The Labute approximate surface area is 180 Å². The quantitative estimate of drug-likeness (QED) is 0.418. The lowest BCUT2D eigenvalue weighted by Crippen LogP contribution is -2.36. The van der Waals surface area contributed by atoms with E-state index in [2.05, 4.69) is 25.6 Å². The Morgan fingerprint density at radius 1 is 1.09 bits per heavy atom. The van der Waals surface area contributed by atoms with Crippen LogP contribution in [-0.2, 0) is 6.18 Å². The van der Waals surface area contributed by atoms with Crippen molar-refractivity contribution in [3.05, 3.63) is 88.0 Å². The zero-order valence-corrected chi connectivity index (χ0v) is 16.6. The summed E-state index contributed by atoms with van der Waals surface area (Å²) >= 11 is 0. The molecule has 1 aromatic carbocycles. The van der Waals surface area contributed by atoms with E-state index in [9.17, 15) is 22.8 Å². The summed E-state index contributed by atoms with van der Waals surface area (Å²) in [4.78, 5) is 34.3. The second-order valence-electron chi connectivity index (χ2n) is 7.27. The van der Waals surface area contributed by atoms with Gasteiger partial charge in [-0.1, -0.05) is 18.2 Å². The van der Waals surface area contributed by atoms with Gasteiger partial charge in [-0.05, 0) is 54.7 Å². The van der Waals surface area contributed by atoms with E-state index in [1.165, 1.54) is 18.2 Å². The summed E-state index contributed by atoms with van der Waals surface area (Å²) in [5, 5.41) is 5.53. The number of carbonyl (C=O) groups excluding carboxylic acids is 1. The molecule has 1 aliphatic carbocycles. The lowest BCUT2D eigenvalue weighted by Gasteiger charge is -2.13. The van der Waals surface area contributed by atoms with Crippen LogP contribution < -0.4 is 16.2 Å². The van der Waals surface area contributed by atoms with Gasteiger partial charge >= 0.3 is 6.18 Å². The molecule has 1 saturated carbocycles. The third-order valence-electron chi connectivity index (χ3n) is 4.73. The van der Waals surface area contributed by atoms with E-state index in [1.807, 2.05) is 18.2 Å². The molecule has 1 amide bonds. The van der Waals surface area contributed by atoms with E-state index in [4.69, 9.17) is 0 Å². The minimum atomic E-state index is -4.60. The van der Waals surface area contributed by atoms with Crippen molar-refractivity contribution in [2.45, 2.75) is 24.9 Å². The summed E-state index contributed by atoms with van der Waals surface area (Å²) in [6.07, 6.45) is -1.52. The van der Waals surface area contributed by atoms with Gasteiger partial charge < -0.3 is 10.3 Å². The highest BCUT2D eigenvalue weighted by atomic mass is 19.4. The number of benzene rings is 1. The highest BCUT2D eigenvalue weighted by Gasteiger charge is 2.32. The summed E-state index contributed by atoms with van der Waals surface area (Å²) in [6.45, 7) is 0. The van der Waals surface area contributed by atoms with Crippen molar-refractivity contribution in [2.75, 3.05) is 5.32 Å². The van der Waals surface area contributed by atoms with Crippen LogP contribution >= 0.6 is 0 Å². The number of pyridine rings is 2. The third kappa shape index (κ3) is 5.39. The molecule has 164 valence electrons. The highest BCUT2D eigenvalue weighted by Crippen LogP contribution is 2.40. The van der Waals surface area contributed by atoms with E-state index < -0.39 is 17.8 Å².